The molecule has 0 N–H and O–H groups in total. The van der Waals surface area contributed by atoms with Gasteiger partial charge in [0.15, 0.2) is 0 Å². The van der Waals surface area contributed by atoms with E-state index in [-0.39, 0.29) is 16.8 Å². The second-order valence-corrected chi connectivity index (χ2v) is 8.86. The zero-order valence-electron chi connectivity index (χ0n) is 16.8. The van der Waals surface area contributed by atoms with Crippen molar-refractivity contribution in [2.24, 2.45) is 0 Å². The average Bonchev–Trinajstić information content (AvgIpc) is 2.73. The predicted molar refractivity (Wildman–Crippen MR) is 116 cm³/mol. The Labute approximate surface area is 176 Å². The minimum absolute atomic E-state index is 0.0867. The molecule has 0 saturated heterocycles. The fourth-order valence-electron chi connectivity index (χ4n) is 3.16. The molecule has 0 heterocycles. The zero-order chi connectivity index (χ0) is 21.7. The molecular weight excluding hydrogens is 403 g/mol. The van der Waals surface area contributed by atoms with Crippen LogP contribution in [0.4, 0.5) is 15.8 Å². The van der Waals surface area contributed by atoms with Crippen LogP contribution >= 0.6 is 0 Å². The molecule has 0 radical (unpaired) electrons. The average molecular weight is 427 g/mol. The SMILES string of the molecule is CC(C)N(C(=O)CN(c1ccccc1)S(=O)(=O)c1ccc(F)cc1)c1ccccc1. The largest absolute Gasteiger partial charge is 0.308 e. The van der Waals surface area contributed by atoms with Crippen LogP contribution in [0.2, 0.25) is 0 Å². The highest BCUT2D eigenvalue weighted by Crippen LogP contribution is 2.25. The summed E-state index contributed by atoms with van der Waals surface area (Å²) in [6.45, 7) is 3.34. The Hall–Kier alpha value is -3.19. The highest BCUT2D eigenvalue weighted by Gasteiger charge is 2.30. The molecule has 0 aromatic heterocycles. The van der Waals surface area contributed by atoms with Crippen LogP contribution in [0, 0.1) is 5.82 Å². The van der Waals surface area contributed by atoms with Crippen LogP contribution in [0.25, 0.3) is 0 Å². The molecule has 3 rings (SSSR count). The summed E-state index contributed by atoms with van der Waals surface area (Å²) in [4.78, 5) is 14.7. The van der Waals surface area contributed by atoms with Gasteiger partial charge in [-0.05, 0) is 62.4 Å². The van der Waals surface area contributed by atoms with E-state index in [9.17, 15) is 17.6 Å². The number of hydrogen-bond acceptors (Lipinski definition) is 3. The molecule has 0 atom stereocenters. The van der Waals surface area contributed by atoms with E-state index in [1.807, 2.05) is 32.0 Å². The number of carbonyl (C=O) groups excluding carboxylic acids is 1. The zero-order valence-corrected chi connectivity index (χ0v) is 17.6. The fraction of sp³-hybridized carbons (Fsp3) is 0.174. The van der Waals surface area contributed by atoms with Crippen molar-refractivity contribution in [1.82, 2.24) is 0 Å². The van der Waals surface area contributed by atoms with Gasteiger partial charge in [0.1, 0.15) is 12.4 Å². The summed E-state index contributed by atoms with van der Waals surface area (Å²) in [5.41, 5.74) is 1.04. The second kappa shape index (κ2) is 9.09. The number of sulfonamides is 1. The van der Waals surface area contributed by atoms with Gasteiger partial charge in [0.05, 0.1) is 10.6 Å². The summed E-state index contributed by atoms with van der Waals surface area (Å²) < 4.78 is 41.1. The van der Waals surface area contributed by atoms with E-state index in [2.05, 4.69) is 0 Å². The number of hydrogen-bond donors (Lipinski definition) is 0. The molecule has 0 bridgehead atoms. The Balaban J connectivity index is 2.01. The van der Waals surface area contributed by atoms with Crippen molar-refractivity contribution in [2.75, 3.05) is 15.7 Å². The first-order chi connectivity index (χ1) is 14.3. The first kappa shape index (κ1) is 21.5. The van der Waals surface area contributed by atoms with Gasteiger partial charge < -0.3 is 4.90 Å². The van der Waals surface area contributed by atoms with Gasteiger partial charge in [0, 0.05) is 11.7 Å². The lowest BCUT2D eigenvalue weighted by molar-refractivity contribution is -0.117. The third-order valence-corrected chi connectivity index (χ3v) is 6.33. The van der Waals surface area contributed by atoms with E-state index in [1.54, 1.807) is 47.4 Å². The topological polar surface area (TPSA) is 57.7 Å². The lowest BCUT2D eigenvalue weighted by atomic mass is 10.2. The molecule has 0 spiro atoms. The molecule has 5 nitrogen and oxygen atoms in total. The summed E-state index contributed by atoms with van der Waals surface area (Å²) in [5, 5.41) is 0. The molecule has 3 aromatic rings. The van der Waals surface area contributed by atoms with E-state index in [4.69, 9.17) is 0 Å². The minimum atomic E-state index is -4.09. The maximum Gasteiger partial charge on any atom is 0.264 e. The van der Waals surface area contributed by atoms with Gasteiger partial charge >= 0.3 is 0 Å². The van der Waals surface area contributed by atoms with E-state index in [0.29, 0.717) is 11.4 Å². The van der Waals surface area contributed by atoms with Gasteiger partial charge in [0.2, 0.25) is 5.91 Å². The molecule has 30 heavy (non-hydrogen) atoms. The number of para-hydroxylation sites is 2. The van der Waals surface area contributed by atoms with Crippen molar-refractivity contribution < 1.29 is 17.6 Å². The molecule has 0 aliphatic rings. The summed E-state index contributed by atoms with van der Waals surface area (Å²) in [5.74, 6) is -0.905. The smallest absolute Gasteiger partial charge is 0.264 e. The number of rotatable bonds is 7. The molecule has 0 fully saturated rings. The van der Waals surface area contributed by atoms with Crippen molar-refractivity contribution >= 4 is 27.3 Å². The normalized spacial score (nSPS) is 11.3. The first-order valence-corrected chi connectivity index (χ1v) is 10.9. The van der Waals surface area contributed by atoms with Crippen molar-refractivity contribution in [2.45, 2.75) is 24.8 Å². The molecule has 0 saturated carbocycles. The molecule has 0 unspecified atom stereocenters. The van der Waals surface area contributed by atoms with Crippen LogP contribution in [0.1, 0.15) is 13.8 Å². The Morgan fingerprint density at radius 3 is 1.83 bits per heavy atom. The maximum atomic E-state index is 13.3. The van der Waals surface area contributed by atoms with E-state index < -0.39 is 22.4 Å². The summed E-state index contributed by atoms with van der Waals surface area (Å²) >= 11 is 0. The Kier molecular flexibility index (Phi) is 6.52. The fourth-order valence-corrected chi connectivity index (χ4v) is 4.58. The molecule has 156 valence electrons. The predicted octanol–water partition coefficient (Wildman–Crippen LogP) is 4.46. The number of halogens is 1. The lowest BCUT2D eigenvalue weighted by Crippen LogP contribution is -2.46. The summed E-state index contributed by atoms with van der Waals surface area (Å²) in [7, 11) is -4.09. The van der Waals surface area contributed by atoms with Crippen molar-refractivity contribution in [3.8, 4) is 0 Å². The molecule has 0 aliphatic carbocycles. The first-order valence-electron chi connectivity index (χ1n) is 9.51. The molecule has 0 aliphatic heterocycles. The van der Waals surface area contributed by atoms with Crippen LogP contribution in [-0.4, -0.2) is 26.9 Å². The van der Waals surface area contributed by atoms with Crippen LogP contribution in [-0.2, 0) is 14.8 Å². The van der Waals surface area contributed by atoms with E-state index in [1.165, 1.54) is 12.1 Å². The lowest BCUT2D eigenvalue weighted by Gasteiger charge is -2.31. The minimum Gasteiger partial charge on any atom is -0.308 e. The Bertz CT molecular complexity index is 1090. The van der Waals surface area contributed by atoms with Crippen molar-refractivity contribution in [1.29, 1.82) is 0 Å². The second-order valence-electron chi connectivity index (χ2n) is 6.99. The molecule has 7 heteroatoms. The van der Waals surface area contributed by atoms with E-state index in [0.717, 1.165) is 16.4 Å². The van der Waals surface area contributed by atoms with Gasteiger partial charge in [-0.15, -0.1) is 0 Å². The van der Waals surface area contributed by atoms with Crippen LogP contribution in [0.15, 0.2) is 89.8 Å². The van der Waals surface area contributed by atoms with Crippen molar-refractivity contribution in [3.05, 3.63) is 90.7 Å². The maximum absolute atomic E-state index is 13.3. The molecular formula is C23H23FN2O3S. The highest BCUT2D eigenvalue weighted by molar-refractivity contribution is 7.92. The summed E-state index contributed by atoms with van der Waals surface area (Å²) in [6, 6.07) is 21.9. The van der Waals surface area contributed by atoms with Crippen LogP contribution in [0.3, 0.4) is 0 Å². The number of nitrogens with zero attached hydrogens (tertiary/aromatic N) is 2. The van der Waals surface area contributed by atoms with Gasteiger partial charge in [-0.25, -0.2) is 12.8 Å². The number of anilines is 2. The molecule has 3 aromatic carbocycles. The number of benzene rings is 3. The number of carbonyl (C=O) groups is 1. The van der Waals surface area contributed by atoms with E-state index >= 15 is 0 Å². The van der Waals surface area contributed by atoms with Gasteiger partial charge in [-0.2, -0.15) is 0 Å². The number of amides is 1. The summed E-state index contributed by atoms with van der Waals surface area (Å²) in [6.07, 6.45) is 0. The van der Waals surface area contributed by atoms with Crippen molar-refractivity contribution in [3.63, 3.8) is 0 Å². The standard InChI is InChI=1S/C23H23FN2O3S/c1-18(2)26(21-11-7-4-8-12-21)23(27)17-25(20-9-5-3-6-10-20)30(28,29)22-15-13-19(24)14-16-22/h3-16,18H,17H2,1-2H3. The highest BCUT2D eigenvalue weighted by atomic mass is 32.2. The van der Waals surface area contributed by atoms with Gasteiger partial charge in [0.25, 0.3) is 10.0 Å². The molecule has 1 amide bonds. The third kappa shape index (κ3) is 4.68. The van der Waals surface area contributed by atoms with Gasteiger partial charge in [-0.3, -0.25) is 9.10 Å². The quantitative estimate of drug-likeness (QED) is 0.560. The van der Waals surface area contributed by atoms with Crippen LogP contribution < -0.4 is 9.21 Å². The van der Waals surface area contributed by atoms with Crippen LogP contribution in [0.5, 0.6) is 0 Å². The van der Waals surface area contributed by atoms with Gasteiger partial charge in [-0.1, -0.05) is 36.4 Å². The Morgan fingerprint density at radius 2 is 1.33 bits per heavy atom. The Morgan fingerprint density at radius 1 is 0.833 bits per heavy atom. The third-order valence-electron chi connectivity index (χ3n) is 4.54. The monoisotopic (exact) mass is 426 g/mol.